The van der Waals surface area contributed by atoms with Crippen LogP contribution >= 0.6 is 0 Å². The molecule has 0 aliphatic heterocycles. The molecule has 1 unspecified atom stereocenters. The molecule has 0 saturated heterocycles. The van der Waals surface area contributed by atoms with Gasteiger partial charge in [-0.25, -0.2) is 0 Å². The van der Waals surface area contributed by atoms with Crippen LogP contribution in [0.25, 0.3) is 0 Å². The fourth-order valence-corrected chi connectivity index (χ4v) is 1.68. The molecule has 20 heavy (non-hydrogen) atoms. The summed E-state index contributed by atoms with van der Waals surface area (Å²) in [5, 5.41) is 11.7. The minimum absolute atomic E-state index is 0.0102. The maximum Gasteiger partial charge on any atom is 0.223 e. The van der Waals surface area contributed by atoms with Crippen LogP contribution in [0.3, 0.4) is 0 Å². The van der Waals surface area contributed by atoms with E-state index in [1.807, 2.05) is 0 Å². The van der Waals surface area contributed by atoms with Gasteiger partial charge in [0.05, 0.1) is 25.7 Å². The second-order valence-corrected chi connectivity index (χ2v) is 4.40. The highest BCUT2D eigenvalue weighted by Crippen LogP contribution is 2.13. The van der Waals surface area contributed by atoms with E-state index >= 15 is 0 Å². The summed E-state index contributed by atoms with van der Waals surface area (Å²) >= 11 is 0. The Morgan fingerprint density at radius 3 is 2.70 bits per heavy atom. The molecule has 6 heteroatoms. The molecule has 0 aliphatic rings. The Labute approximate surface area is 118 Å². The fourth-order valence-electron chi connectivity index (χ4n) is 1.68. The Bertz CT molecular complexity index is 389. The minimum atomic E-state index is -0.172. The number of anilines is 1. The Morgan fingerprint density at radius 1 is 1.40 bits per heavy atom. The van der Waals surface area contributed by atoms with Gasteiger partial charge in [-0.1, -0.05) is 0 Å². The predicted octanol–water partition coefficient (Wildman–Crippen LogP) is 0.551. The lowest BCUT2D eigenvalue weighted by atomic mass is 10.2. The Morgan fingerprint density at radius 2 is 2.10 bits per heavy atom. The maximum absolute atomic E-state index is 11.7. The van der Waals surface area contributed by atoms with Crippen LogP contribution in [0.1, 0.15) is 12.8 Å². The van der Waals surface area contributed by atoms with Crippen LogP contribution in [0, 0.1) is 0 Å². The van der Waals surface area contributed by atoms with Crippen molar-refractivity contribution in [2.24, 2.45) is 0 Å². The van der Waals surface area contributed by atoms with Crippen LogP contribution in [-0.4, -0.2) is 44.0 Å². The third kappa shape index (κ3) is 6.40. The number of nitrogens with two attached hydrogens (primary N) is 1. The zero-order valence-electron chi connectivity index (χ0n) is 11.7. The molecule has 1 aromatic carbocycles. The second-order valence-electron chi connectivity index (χ2n) is 4.40. The maximum atomic E-state index is 11.7. The van der Waals surface area contributed by atoms with Gasteiger partial charge in [-0.3, -0.25) is 4.79 Å². The van der Waals surface area contributed by atoms with Gasteiger partial charge in [0.25, 0.3) is 0 Å². The number of nitrogens with one attached hydrogen (secondary N) is 1. The summed E-state index contributed by atoms with van der Waals surface area (Å²) in [6.45, 7) is 0.677. The number of carbonyl (C=O) groups excluding carboxylic acids is 1. The molecule has 1 aromatic rings. The highest BCUT2D eigenvalue weighted by atomic mass is 16.5. The lowest BCUT2D eigenvalue weighted by molar-refractivity contribution is -0.122. The smallest absolute Gasteiger partial charge is 0.223 e. The zero-order valence-corrected chi connectivity index (χ0v) is 11.7. The molecule has 0 bridgehead atoms. The Balaban J connectivity index is 2.26. The molecule has 0 radical (unpaired) electrons. The summed E-state index contributed by atoms with van der Waals surface area (Å²) in [7, 11) is 1.56. The molecule has 0 heterocycles. The number of nitrogen functional groups attached to an aromatic ring is 1. The molecule has 4 N–H and O–H groups in total. The molecule has 1 amide bonds. The zero-order chi connectivity index (χ0) is 14.8. The van der Waals surface area contributed by atoms with Gasteiger partial charge in [-0.2, -0.15) is 0 Å². The summed E-state index contributed by atoms with van der Waals surface area (Å²) in [6.07, 6.45) is 0.717. The highest BCUT2D eigenvalue weighted by molar-refractivity contribution is 5.76. The Kier molecular flexibility index (Phi) is 7.46. The summed E-state index contributed by atoms with van der Waals surface area (Å²) < 4.78 is 10.4. The number of hydrogen-bond acceptors (Lipinski definition) is 5. The van der Waals surface area contributed by atoms with Crippen molar-refractivity contribution >= 4 is 11.6 Å². The topological polar surface area (TPSA) is 93.8 Å². The summed E-state index contributed by atoms with van der Waals surface area (Å²) in [6, 6.07) is 6.82. The van der Waals surface area contributed by atoms with Crippen molar-refractivity contribution in [3.05, 3.63) is 24.3 Å². The molecule has 1 atom stereocenters. The molecule has 0 fully saturated rings. The number of aliphatic hydroxyl groups excluding tert-OH is 1. The SMILES string of the molecule is COCC(CCO)NC(=O)CCOc1ccc(N)cc1. The fraction of sp³-hybridized carbons (Fsp3) is 0.500. The minimum Gasteiger partial charge on any atom is -0.493 e. The van der Waals surface area contributed by atoms with Gasteiger partial charge in [0.2, 0.25) is 5.91 Å². The van der Waals surface area contributed by atoms with Gasteiger partial charge in [-0.15, -0.1) is 0 Å². The molecule has 0 spiro atoms. The van der Waals surface area contributed by atoms with Crippen molar-refractivity contribution in [3.63, 3.8) is 0 Å². The number of benzene rings is 1. The molecule has 0 aromatic heterocycles. The summed E-state index contributed by atoms with van der Waals surface area (Å²) in [5.41, 5.74) is 6.23. The summed E-state index contributed by atoms with van der Waals surface area (Å²) in [5.74, 6) is 0.548. The van der Waals surface area contributed by atoms with Gasteiger partial charge < -0.3 is 25.6 Å². The van der Waals surface area contributed by atoms with Gasteiger partial charge in [-0.05, 0) is 30.7 Å². The number of methoxy groups -OCH3 is 1. The lowest BCUT2D eigenvalue weighted by Gasteiger charge is -2.16. The number of ether oxygens (including phenoxy) is 2. The van der Waals surface area contributed by atoms with E-state index in [0.29, 0.717) is 24.5 Å². The monoisotopic (exact) mass is 282 g/mol. The first-order valence-electron chi connectivity index (χ1n) is 6.53. The van der Waals surface area contributed by atoms with Crippen LogP contribution < -0.4 is 15.8 Å². The number of rotatable bonds is 9. The van der Waals surface area contributed by atoms with E-state index in [1.54, 1.807) is 31.4 Å². The molecule has 6 nitrogen and oxygen atoms in total. The average molecular weight is 282 g/mol. The first kappa shape index (κ1) is 16.3. The third-order valence-corrected chi connectivity index (χ3v) is 2.69. The first-order chi connectivity index (χ1) is 9.65. The number of amides is 1. The molecule has 1 rings (SSSR count). The summed E-state index contributed by atoms with van der Waals surface area (Å²) in [4.78, 5) is 11.7. The van der Waals surface area contributed by atoms with Crippen molar-refractivity contribution in [3.8, 4) is 5.75 Å². The first-order valence-corrected chi connectivity index (χ1v) is 6.53. The van der Waals surface area contributed by atoms with E-state index in [9.17, 15) is 4.79 Å². The van der Waals surface area contributed by atoms with Crippen LogP contribution in [0.4, 0.5) is 5.69 Å². The second kappa shape index (κ2) is 9.17. The van der Waals surface area contributed by atoms with Crippen LogP contribution in [0.5, 0.6) is 5.75 Å². The number of hydrogen-bond donors (Lipinski definition) is 3. The molecule has 112 valence electrons. The van der Waals surface area contributed by atoms with Gasteiger partial charge in [0, 0.05) is 19.4 Å². The van der Waals surface area contributed by atoms with E-state index in [2.05, 4.69) is 5.32 Å². The van der Waals surface area contributed by atoms with Gasteiger partial charge in [0.1, 0.15) is 5.75 Å². The Hall–Kier alpha value is -1.79. The van der Waals surface area contributed by atoms with E-state index < -0.39 is 0 Å². The van der Waals surface area contributed by atoms with E-state index in [0.717, 1.165) is 0 Å². The molecule has 0 aliphatic carbocycles. The van der Waals surface area contributed by atoms with E-state index in [-0.39, 0.29) is 31.6 Å². The third-order valence-electron chi connectivity index (χ3n) is 2.69. The standard InChI is InChI=1S/C14H22N2O4/c1-19-10-12(6-8-17)16-14(18)7-9-20-13-4-2-11(15)3-5-13/h2-5,12,17H,6-10,15H2,1H3,(H,16,18). The van der Waals surface area contributed by atoms with Crippen molar-refractivity contribution in [1.29, 1.82) is 0 Å². The largest absolute Gasteiger partial charge is 0.493 e. The van der Waals surface area contributed by atoms with Gasteiger partial charge >= 0.3 is 0 Å². The predicted molar refractivity (Wildman–Crippen MR) is 76.5 cm³/mol. The van der Waals surface area contributed by atoms with Gasteiger partial charge in [0.15, 0.2) is 0 Å². The molecular weight excluding hydrogens is 260 g/mol. The quantitative estimate of drug-likeness (QED) is 0.575. The molecule has 0 saturated carbocycles. The highest BCUT2D eigenvalue weighted by Gasteiger charge is 2.11. The number of carbonyl (C=O) groups is 1. The lowest BCUT2D eigenvalue weighted by Crippen LogP contribution is -2.39. The van der Waals surface area contributed by atoms with Crippen LogP contribution in [0.15, 0.2) is 24.3 Å². The number of aliphatic hydroxyl groups is 1. The average Bonchev–Trinajstić information content (AvgIpc) is 2.41. The van der Waals surface area contributed by atoms with Crippen molar-refractivity contribution in [1.82, 2.24) is 5.32 Å². The van der Waals surface area contributed by atoms with E-state index in [4.69, 9.17) is 20.3 Å². The van der Waals surface area contributed by atoms with Crippen LogP contribution in [-0.2, 0) is 9.53 Å². The normalized spacial score (nSPS) is 11.9. The van der Waals surface area contributed by atoms with Crippen molar-refractivity contribution in [2.75, 3.05) is 32.7 Å². The van der Waals surface area contributed by atoms with E-state index in [1.165, 1.54) is 0 Å². The van der Waals surface area contributed by atoms with Crippen molar-refractivity contribution < 1.29 is 19.4 Å². The van der Waals surface area contributed by atoms with Crippen molar-refractivity contribution in [2.45, 2.75) is 18.9 Å². The molecular formula is C14H22N2O4. The van der Waals surface area contributed by atoms with Crippen LogP contribution in [0.2, 0.25) is 0 Å².